The lowest BCUT2D eigenvalue weighted by Gasteiger charge is -2.21. The number of urea groups is 1. The minimum absolute atomic E-state index is 0.194. The van der Waals surface area contributed by atoms with E-state index < -0.39 is 5.60 Å². The number of carbonyl (C=O) groups is 1. The second-order valence-electron chi connectivity index (χ2n) is 4.14. The van der Waals surface area contributed by atoms with Crippen LogP contribution in [0.5, 0.6) is 0 Å². The summed E-state index contributed by atoms with van der Waals surface area (Å²) in [7, 11) is 0. The average molecular weight is 257 g/mol. The first-order chi connectivity index (χ1) is 7.94. The maximum absolute atomic E-state index is 11.5. The predicted molar refractivity (Wildman–Crippen MR) is 69.4 cm³/mol. The van der Waals surface area contributed by atoms with E-state index in [0.29, 0.717) is 17.1 Å². The number of para-hydroxylation sites is 1. The molecule has 0 aliphatic heterocycles. The molecule has 0 aromatic heterocycles. The van der Waals surface area contributed by atoms with Gasteiger partial charge in [-0.3, -0.25) is 0 Å². The molecule has 0 aliphatic carbocycles. The zero-order chi connectivity index (χ0) is 12.9. The molecule has 0 bridgehead atoms. The van der Waals surface area contributed by atoms with Crippen LogP contribution in [-0.2, 0) is 0 Å². The van der Waals surface area contributed by atoms with Crippen LogP contribution in [0, 0.1) is 0 Å². The van der Waals surface area contributed by atoms with Crippen molar-refractivity contribution >= 4 is 23.3 Å². The predicted octanol–water partition coefficient (Wildman–Crippen LogP) is 2.62. The fourth-order valence-corrected chi connectivity index (χ4v) is 1.31. The summed E-state index contributed by atoms with van der Waals surface area (Å²) < 4.78 is 0. The highest BCUT2D eigenvalue weighted by Crippen LogP contribution is 2.20. The summed E-state index contributed by atoms with van der Waals surface area (Å²) in [5.74, 6) is 0. The maximum Gasteiger partial charge on any atom is 0.319 e. The molecule has 1 aromatic carbocycles. The quantitative estimate of drug-likeness (QED) is 0.776. The second kappa shape index (κ2) is 5.89. The third-order valence-electron chi connectivity index (χ3n) is 2.51. The van der Waals surface area contributed by atoms with Crippen molar-refractivity contribution < 1.29 is 9.90 Å². The molecule has 4 nitrogen and oxygen atoms in total. The van der Waals surface area contributed by atoms with Crippen LogP contribution in [0.4, 0.5) is 10.5 Å². The fraction of sp³-hybridized carbons (Fsp3) is 0.417. The Morgan fingerprint density at radius 1 is 1.47 bits per heavy atom. The fourth-order valence-electron chi connectivity index (χ4n) is 1.12. The van der Waals surface area contributed by atoms with Gasteiger partial charge in [0.2, 0.25) is 0 Å². The van der Waals surface area contributed by atoms with Gasteiger partial charge < -0.3 is 15.7 Å². The van der Waals surface area contributed by atoms with Crippen LogP contribution in [0.1, 0.15) is 20.3 Å². The van der Waals surface area contributed by atoms with E-state index in [1.807, 2.05) is 6.92 Å². The van der Waals surface area contributed by atoms with Gasteiger partial charge in [-0.05, 0) is 25.5 Å². The SMILES string of the molecule is CCC(C)(O)CNC(=O)Nc1ccccc1Cl. The van der Waals surface area contributed by atoms with Crippen LogP contribution in [0.3, 0.4) is 0 Å². The molecule has 1 atom stereocenters. The third-order valence-corrected chi connectivity index (χ3v) is 2.84. The van der Waals surface area contributed by atoms with Crippen LogP contribution in [0.2, 0.25) is 5.02 Å². The van der Waals surface area contributed by atoms with Crippen LogP contribution in [0.15, 0.2) is 24.3 Å². The van der Waals surface area contributed by atoms with Crippen molar-refractivity contribution in [2.75, 3.05) is 11.9 Å². The van der Waals surface area contributed by atoms with Crippen molar-refractivity contribution in [2.24, 2.45) is 0 Å². The Bertz CT molecular complexity index is 394. The lowest BCUT2D eigenvalue weighted by Crippen LogP contribution is -2.41. The van der Waals surface area contributed by atoms with Crippen LogP contribution in [0.25, 0.3) is 0 Å². The summed E-state index contributed by atoms with van der Waals surface area (Å²) in [6, 6.07) is 6.59. The van der Waals surface area contributed by atoms with E-state index in [4.69, 9.17) is 11.6 Å². The van der Waals surface area contributed by atoms with Crippen LogP contribution >= 0.6 is 11.6 Å². The minimum atomic E-state index is -0.891. The number of benzene rings is 1. The van der Waals surface area contributed by atoms with Crippen LogP contribution in [-0.4, -0.2) is 23.3 Å². The number of anilines is 1. The molecule has 0 saturated carbocycles. The van der Waals surface area contributed by atoms with Crippen molar-refractivity contribution in [3.05, 3.63) is 29.3 Å². The lowest BCUT2D eigenvalue weighted by molar-refractivity contribution is 0.0587. The number of halogens is 1. The first-order valence-electron chi connectivity index (χ1n) is 5.46. The van der Waals surface area contributed by atoms with Gasteiger partial charge in [-0.1, -0.05) is 30.7 Å². The number of rotatable bonds is 4. The Kier molecular flexibility index (Phi) is 4.78. The van der Waals surface area contributed by atoms with Gasteiger partial charge in [0.25, 0.3) is 0 Å². The van der Waals surface area contributed by atoms with Gasteiger partial charge in [0.1, 0.15) is 0 Å². The molecule has 1 aromatic rings. The first-order valence-corrected chi connectivity index (χ1v) is 5.84. The van der Waals surface area contributed by atoms with Crippen LogP contribution < -0.4 is 10.6 Å². The van der Waals surface area contributed by atoms with Gasteiger partial charge >= 0.3 is 6.03 Å². The van der Waals surface area contributed by atoms with E-state index in [-0.39, 0.29) is 12.6 Å². The first kappa shape index (κ1) is 13.8. The van der Waals surface area contributed by atoms with Gasteiger partial charge in [-0.2, -0.15) is 0 Å². The van der Waals surface area contributed by atoms with Gasteiger partial charge in [-0.25, -0.2) is 4.79 Å². The molecule has 0 heterocycles. The molecule has 0 saturated heterocycles. The number of hydrogen-bond donors (Lipinski definition) is 3. The summed E-state index contributed by atoms with van der Waals surface area (Å²) in [4.78, 5) is 11.5. The number of aliphatic hydroxyl groups is 1. The summed E-state index contributed by atoms with van der Waals surface area (Å²) in [6.07, 6.45) is 0.569. The molecule has 94 valence electrons. The number of carbonyl (C=O) groups excluding carboxylic acids is 1. The van der Waals surface area contributed by atoms with Gasteiger partial charge in [0, 0.05) is 6.54 Å². The average Bonchev–Trinajstić information content (AvgIpc) is 2.30. The Morgan fingerprint density at radius 3 is 2.71 bits per heavy atom. The second-order valence-corrected chi connectivity index (χ2v) is 4.55. The molecule has 1 rings (SSSR count). The van der Waals surface area contributed by atoms with Gasteiger partial charge in [0.05, 0.1) is 16.3 Å². The number of nitrogens with one attached hydrogen (secondary N) is 2. The smallest absolute Gasteiger partial charge is 0.319 e. The summed E-state index contributed by atoms with van der Waals surface area (Å²) >= 11 is 5.89. The molecule has 0 fully saturated rings. The van der Waals surface area contributed by atoms with Crippen molar-refractivity contribution in [3.8, 4) is 0 Å². The molecule has 5 heteroatoms. The highest BCUT2D eigenvalue weighted by molar-refractivity contribution is 6.33. The summed E-state index contributed by atoms with van der Waals surface area (Å²) in [5, 5.41) is 15.4. The maximum atomic E-state index is 11.5. The van der Waals surface area contributed by atoms with E-state index in [1.54, 1.807) is 31.2 Å². The van der Waals surface area contributed by atoms with E-state index >= 15 is 0 Å². The molecule has 2 amide bonds. The Labute approximate surface area is 106 Å². The Hall–Kier alpha value is -1.26. The largest absolute Gasteiger partial charge is 0.388 e. The van der Waals surface area contributed by atoms with E-state index in [9.17, 15) is 9.90 Å². The van der Waals surface area contributed by atoms with Crippen molar-refractivity contribution in [2.45, 2.75) is 25.9 Å². The van der Waals surface area contributed by atoms with Crippen molar-refractivity contribution in [1.82, 2.24) is 5.32 Å². The zero-order valence-electron chi connectivity index (χ0n) is 9.96. The van der Waals surface area contributed by atoms with Gasteiger partial charge in [-0.15, -0.1) is 0 Å². The van der Waals surface area contributed by atoms with Gasteiger partial charge in [0.15, 0.2) is 0 Å². The normalized spacial score (nSPS) is 13.9. The lowest BCUT2D eigenvalue weighted by atomic mass is 10.0. The van der Waals surface area contributed by atoms with Crippen molar-refractivity contribution in [3.63, 3.8) is 0 Å². The molecule has 3 N–H and O–H groups in total. The molecular formula is C12H17ClN2O2. The summed E-state index contributed by atoms with van der Waals surface area (Å²) in [6.45, 7) is 3.72. The number of amides is 2. The highest BCUT2D eigenvalue weighted by Gasteiger charge is 2.18. The third kappa shape index (κ3) is 4.63. The molecule has 0 radical (unpaired) electrons. The molecule has 17 heavy (non-hydrogen) atoms. The zero-order valence-corrected chi connectivity index (χ0v) is 10.7. The number of hydrogen-bond acceptors (Lipinski definition) is 2. The summed E-state index contributed by atoms with van der Waals surface area (Å²) in [5.41, 5.74) is -0.347. The monoisotopic (exact) mass is 256 g/mol. The van der Waals surface area contributed by atoms with Crippen molar-refractivity contribution in [1.29, 1.82) is 0 Å². The van der Waals surface area contributed by atoms with E-state index in [0.717, 1.165) is 0 Å². The standard InChI is InChI=1S/C12H17ClN2O2/c1-3-12(2,17)8-14-11(16)15-10-7-5-4-6-9(10)13/h4-7,17H,3,8H2,1-2H3,(H2,14,15,16). The molecule has 0 aliphatic rings. The highest BCUT2D eigenvalue weighted by atomic mass is 35.5. The topological polar surface area (TPSA) is 61.4 Å². The Balaban J connectivity index is 2.48. The van der Waals surface area contributed by atoms with E-state index in [1.165, 1.54) is 0 Å². The molecule has 0 spiro atoms. The molecule has 1 unspecified atom stereocenters. The Morgan fingerprint density at radius 2 is 2.12 bits per heavy atom. The van der Waals surface area contributed by atoms with E-state index in [2.05, 4.69) is 10.6 Å². The minimum Gasteiger partial charge on any atom is -0.388 e. The molecular weight excluding hydrogens is 240 g/mol.